The number of likely N-dealkylation sites (tertiary alicyclic amines) is 1. The normalized spacial score (nSPS) is 21.4. The lowest BCUT2D eigenvalue weighted by Crippen LogP contribution is -2.72. The standard InChI is InChI=1S/C15H20Cl2N2O5/c1-8(2)24-15(22)12(9(3)7-16)19-13(17)11(14(19)21)18-10(20)5-6-23-4/h5-6,8,11-13H,3,7H2,1-2,4H3,(H,18,20). The zero-order valence-electron chi connectivity index (χ0n) is 13.6. The molecule has 134 valence electrons. The fourth-order valence-electron chi connectivity index (χ4n) is 2.06. The van der Waals surface area contributed by atoms with E-state index in [1.807, 2.05) is 0 Å². The van der Waals surface area contributed by atoms with Crippen LogP contribution >= 0.6 is 23.2 Å². The molecular weight excluding hydrogens is 359 g/mol. The Morgan fingerprint density at radius 2 is 2.08 bits per heavy atom. The van der Waals surface area contributed by atoms with Crippen molar-refractivity contribution in [3.8, 4) is 0 Å². The maximum atomic E-state index is 12.3. The van der Waals surface area contributed by atoms with Gasteiger partial charge >= 0.3 is 5.97 Å². The van der Waals surface area contributed by atoms with Gasteiger partial charge in [-0.25, -0.2) is 4.79 Å². The Hall–Kier alpha value is -1.73. The number of amides is 2. The van der Waals surface area contributed by atoms with Gasteiger partial charge in [0.05, 0.1) is 19.5 Å². The van der Waals surface area contributed by atoms with Crippen LogP contribution in [0.5, 0.6) is 0 Å². The number of esters is 1. The third kappa shape index (κ3) is 4.64. The third-order valence-corrected chi connectivity index (χ3v) is 3.93. The molecule has 0 aliphatic carbocycles. The first-order valence-corrected chi connectivity index (χ1v) is 8.11. The van der Waals surface area contributed by atoms with E-state index in [0.29, 0.717) is 0 Å². The summed E-state index contributed by atoms with van der Waals surface area (Å²) in [6, 6.07) is -2.05. The summed E-state index contributed by atoms with van der Waals surface area (Å²) in [5.74, 6) is -1.78. The number of nitrogens with zero attached hydrogens (tertiary/aromatic N) is 1. The number of ether oxygens (including phenoxy) is 2. The summed E-state index contributed by atoms with van der Waals surface area (Å²) in [5, 5.41) is 2.43. The first-order valence-electron chi connectivity index (χ1n) is 7.14. The van der Waals surface area contributed by atoms with Gasteiger partial charge in [0.15, 0.2) is 6.04 Å². The predicted molar refractivity (Wildman–Crippen MR) is 89.4 cm³/mol. The second-order valence-electron chi connectivity index (χ2n) is 5.32. The third-order valence-electron chi connectivity index (χ3n) is 3.13. The van der Waals surface area contributed by atoms with Gasteiger partial charge in [-0.05, 0) is 19.4 Å². The van der Waals surface area contributed by atoms with E-state index in [-0.39, 0.29) is 17.6 Å². The van der Waals surface area contributed by atoms with Gasteiger partial charge in [0.25, 0.3) is 5.91 Å². The molecule has 1 saturated heterocycles. The Balaban J connectivity index is 2.86. The molecule has 1 rings (SSSR count). The van der Waals surface area contributed by atoms with Crippen molar-refractivity contribution in [2.75, 3.05) is 13.0 Å². The van der Waals surface area contributed by atoms with E-state index in [9.17, 15) is 14.4 Å². The highest BCUT2D eigenvalue weighted by Crippen LogP contribution is 2.30. The van der Waals surface area contributed by atoms with Crippen molar-refractivity contribution in [1.29, 1.82) is 0 Å². The quantitative estimate of drug-likeness (QED) is 0.130. The molecule has 0 spiro atoms. The summed E-state index contributed by atoms with van der Waals surface area (Å²) in [4.78, 5) is 37.3. The minimum Gasteiger partial charge on any atom is -0.504 e. The Morgan fingerprint density at radius 1 is 1.46 bits per heavy atom. The van der Waals surface area contributed by atoms with Gasteiger partial charge in [0, 0.05) is 12.0 Å². The number of nitrogens with one attached hydrogen (secondary N) is 1. The number of carbonyl (C=O) groups excluding carboxylic acids is 3. The molecule has 1 aliphatic rings. The lowest BCUT2D eigenvalue weighted by atomic mass is 9.99. The average molecular weight is 379 g/mol. The zero-order valence-corrected chi connectivity index (χ0v) is 15.1. The van der Waals surface area contributed by atoms with E-state index >= 15 is 0 Å². The van der Waals surface area contributed by atoms with Gasteiger partial charge < -0.3 is 19.7 Å². The second-order valence-corrected chi connectivity index (χ2v) is 6.04. The summed E-state index contributed by atoms with van der Waals surface area (Å²) in [5.41, 5.74) is -0.646. The van der Waals surface area contributed by atoms with Crippen molar-refractivity contribution in [3.05, 3.63) is 24.5 Å². The number of methoxy groups -OCH3 is 1. The van der Waals surface area contributed by atoms with E-state index in [1.165, 1.54) is 7.11 Å². The molecule has 0 saturated carbocycles. The Bertz CT molecular complexity index is 550. The summed E-state index contributed by atoms with van der Waals surface area (Å²) >= 11 is 11.9. The molecule has 7 nitrogen and oxygen atoms in total. The van der Waals surface area contributed by atoms with Crippen molar-refractivity contribution in [1.82, 2.24) is 10.2 Å². The van der Waals surface area contributed by atoms with Crippen LogP contribution in [-0.2, 0) is 23.9 Å². The van der Waals surface area contributed by atoms with E-state index in [0.717, 1.165) is 17.2 Å². The Kier molecular flexibility index (Phi) is 7.57. The van der Waals surface area contributed by atoms with Crippen LogP contribution in [0.2, 0.25) is 0 Å². The van der Waals surface area contributed by atoms with Crippen LogP contribution in [0.1, 0.15) is 13.8 Å². The topological polar surface area (TPSA) is 84.9 Å². The number of β-lactam (4-membered cyclic amide) rings is 1. The minimum atomic E-state index is -1.09. The minimum absolute atomic E-state index is 0.0428. The molecule has 2 amide bonds. The molecule has 0 aromatic heterocycles. The smallest absolute Gasteiger partial charge is 0.333 e. The number of carbonyl (C=O) groups is 3. The van der Waals surface area contributed by atoms with Crippen molar-refractivity contribution >= 4 is 41.0 Å². The van der Waals surface area contributed by atoms with Crippen LogP contribution in [0, 0.1) is 0 Å². The fraction of sp³-hybridized carbons (Fsp3) is 0.533. The number of halogens is 2. The van der Waals surface area contributed by atoms with Crippen LogP contribution in [-0.4, -0.2) is 59.4 Å². The fourth-order valence-corrected chi connectivity index (χ4v) is 2.58. The summed E-state index contributed by atoms with van der Waals surface area (Å²) in [6.07, 6.45) is 1.90. The highest BCUT2D eigenvalue weighted by molar-refractivity contribution is 6.27. The Labute approximate surface area is 150 Å². The van der Waals surface area contributed by atoms with Crippen LogP contribution in [0.4, 0.5) is 0 Å². The van der Waals surface area contributed by atoms with Gasteiger partial charge in [0.1, 0.15) is 11.5 Å². The van der Waals surface area contributed by atoms with Gasteiger partial charge in [-0.2, -0.15) is 0 Å². The molecule has 9 heteroatoms. The SMILES string of the molecule is C=C(CCl)C(C(=O)OC(C)C)N1C(=O)C(NC(=O)C=COC)C1Cl. The average Bonchev–Trinajstić information content (AvgIpc) is 2.53. The van der Waals surface area contributed by atoms with E-state index in [2.05, 4.69) is 16.6 Å². The molecule has 24 heavy (non-hydrogen) atoms. The van der Waals surface area contributed by atoms with Crippen molar-refractivity contribution < 1.29 is 23.9 Å². The molecule has 1 heterocycles. The zero-order chi connectivity index (χ0) is 18.4. The number of hydrogen-bond acceptors (Lipinski definition) is 5. The molecule has 1 aliphatic heterocycles. The van der Waals surface area contributed by atoms with Gasteiger partial charge in [-0.1, -0.05) is 18.2 Å². The van der Waals surface area contributed by atoms with E-state index in [1.54, 1.807) is 13.8 Å². The van der Waals surface area contributed by atoms with Gasteiger partial charge in [-0.3, -0.25) is 9.59 Å². The highest BCUT2D eigenvalue weighted by Gasteiger charge is 2.53. The molecule has 0 radical (unpaired) electrons. The molecule has 0 aromatic rings. The Morgan fingerprint density at radius 3 is 2.54 bits per heavy atom. The van der Waals surface area contributed by atoms with Crippen LogP contribution in [0.15, 0.2) is 24.5 Å². The number of hydrogen-bond donors (Lipinski definition) is 1. The summed E-state index contributed by atoms with van der Waals surface area (Å²) in [6.45, 7) is 7.06. The number of rotatable bonds is 8. The van der Waals surface area contributed by atoms with Crippen LogP contribution in [0.3, 0.4) is 0 Å². The maximum Gasteiger partial charge on any atom is 0.333 e. The van der Waals surface area contributed by atoms with Gasteiger partial charge in [-0.15, -0.1) is 11.6 Å². The summed E-state index contributed by atoms with van der Waals surface area (Å²) < 4.78 is 9.75. The molecule has 3 unspecified atom stereocenters. The lowest BCUT2D eigenvalue weighted by Gasteiger charge is -2.47. The predicted octanol–water partition coefficient (Wildman–Crippen LogP) is 1.15. The second kappa shape index (κ2) is 8.94. The molecule has 3 atom stereocenters. The first kappa shape index (κ1) is 20.3. The molecule has 0 bridgehead atoms. The van der Waals surface area contributed by atoms with Crippen molar-refractivity contribution in [2.24, 2.45) is 0 Å². The molecule has 0 aromatic carbocycles. The monoisotopic (exact) mass is 378 g/mol. The molecular formula is C15H20Cl2N2O5. The molecule has 1 fully saturated rings. The maximum absolute atomic E-state index is 12.3. The summed E-state index contributed by atoms with van der Waals surface area (Å²) in [7, 11) is 1.38. The largest absolute Gasteiger partial charge is 0.504 e. The van der Waals surface area contributed by atoms with E-state index in [4.69, 9.17) is 27.9 Å². The lowest BCUT2D eigenvalue weighted by molar-refractivity contribution is -0.165. The highest BCUT2D eigenvalue weighted by atomic mass is 35.5. The van der Waals surface area contributed by atoms with E-state index < -0.39 is 35.4 Å². The number of alkyl halides is 2. The van der Waals surface area contributed by atoms with Gasteiger partial charge in [0.2, 0.25) is 5.91 Å². The van der Waals surface area contributed by atoms with Crippen molar-refractivity contribution in [2.45, 2.75) is 37.5 Å². The first-order chi connectivity index (χ1) is 11.2. The molecule has 1 N–H and O–H groups in total. The van der Waals surface area contributed by atoms with Crippen molar-refractivity contribution in [3.63, 3.8) is 0 Å². The van der Waals surface area contributed by atoms with Crippen LogP contribution < -0.4 is 5.32 Å². The van der Waals surface area contributed by atoms with Crippen LogP contribution in [0.25, 0.3) is 0 Å².